The van der Waals surface area contributed by atoms with Crippen LogP contribution in [0.5, 0.6) is 0 Å². The molecule has 2 aliphatic heterocycles. The molecule has 8 nitrogen and oxygen atoms in total. The van der Waals surface area contributed by atoms with E-state index in [2.05, 4.69) is 20.8 Å². The Morgan fingerprint density at radius 2 is 2.00 bits per heavy atom. The van der Waals surface area contributed by atoms with Crippen LogP contribution < -0.4 is 10.9 Å². The smallest absolute Gasteiger partial charge is 0.257 e. The van der Waals surface area contributed by atoms with Crippen molar-refractivity contribution in [1.82, 2.24) is 30.6 Å². The van der Waals surface area contributed by atoms with Gasteiger partial charge in [0.05, 0.1) is 17.5 Å². The predicted octanol–water partition coefficient (Wildman–Crippen LogP) is -0.430. The number of nitrogens with zero attached hydrogens (tertiary/aromatic N) is 4. The second kappa shape index (κ2) is 6.82. The monoisotopic (exact) mass is 332 g/mol. The van der Waals surface area contributed by atoms with E-state index in [9.17, 15) is 9.59 Å². The molecule has 24 heavy (non-hydrogen) atoms. The van der Waals surface area contributed by atoms with Crippen molar-refractivity contribution in [3.05, 3.63) is 23.8 Å². The van der Waals surface area contributed by atoms with Gasteiger partial charge in [0.1, 0.15) is 5.82 Å². The molecule has 0 aliphatic carbocycles. The number of nitrogens with one attached hydrogen (secondary N) is 2. The molecule has 0 bridgehead atoms. The Bertz CT molecular complexity index is 617. The first-order valence-corrected chi connectivity index (χ1v) is 8.28. The molecule has 2 N–H and O–H groups in total. The molecule has 2 aliphatic rings. The molecule has 0 spiro atoms. The van der Waals surface area contributed by atoms with Gasteiger partial charge in [-0.05, 0) is 19.8 Å². The Hall–Kier alpha value is -2.06. The normalized spacial score (nSPS) is 26.6. The molecule has 0 aromatic carbocycles. The van der Waals surface area contributed by atoms with E-state index in [0.717, 1.165) is 12.8 Å². The summed E-state index contributed by atoms with van der Waals surface area (Å²) < 4.78 is 0. The molecule has 3 heterocycles. The van der Waals surface area contributed by atoms with Crippen LogP contribution in [0, 0.1) is 12.8 Å². The molecule has 2 amide bonds. The number of likely N-dealkylation sites (tertiary alicyclic amines) is 1. The lowest BCUT2D eigenvalue weighted by atomic mass is 9.92. The van der Waals surface area contributed by atoms with E-state index in [1.165, 1.54) is 0 Å². The number of amides is 2. The van der Waals surface area contributed by atoms with Crippen molar-refractivity contribution in [3.8, 4) is 0 Å². The summed E-state index contributed by atoms with van der Waals surface area (Å²) >= 11 is 0. The number of rotatable bonds is 3. The van der Waals surface area contributed by atoms with Gasteiger partial charge in [0.2, 0.25) is 5.91 Å². The lowest BCUT2D eigenvalue weighted by molar-refractivity contribution is -0.133. The van der Waals surface area contributed by atoms with Gasteiger partial charge in [-0.1, -0.05) is 0 Å². The molecule has 0 radical (unpaired) electrons. The SMILES string of the molecule is Cc1ncc(C(=O)N2CCCC2C2NNCC2C(=O)N(C)C)cn1. The largest absolute Gasteiger partial charge is 0.348 e. The Morgan fingerprint density at radius 1 is 1.29 bits per heavy atom. The molecule has 0 saturated carbocycles. The Kier molecular flexibility index (Phi) is 4.77. The lowest BCUT2D eigenvalue weighted by Gasteiger charge is -2.32. The summed E-state index contributed by atoms with van der Waals surface area (Å²) in [7, 11) is 3.53. The van der Waals surface area contributed by atoms with Crippen molar-refractivity contribution in [1.29, 1.82) is 0 Å². The third-order valence-electron chi connectivity index (χ3n) is 4.78. The third-order valence-corrected chi connectivity index (χ3v) is 4.78. The quantitative estimate of drug-likeness (QED) is 0.781. The third kappa shape index (κ3) is 3.11. The van der Waals surface area contributed by atoms with Gasteiger partial charge in [0, 0.05) is 45.6 Å². The number of hydrazine groups is 1. The van der Waals surface area contributed by atoms with Crippen LogP contribution >= 0.6 is 0 Å². The van der Waals surface area contributed by atoms with Crippen LogP contribution in [-0.2, 0) is 4.79 Å². The Labute approximate surface area is 141 Å². The van der Waals surface area contributed by atoms with Crippen LogP contribution in [0.25, 0.3) is 0 Å². The number of hydrogen-bond donors (Lipinski definition) is 2. The topological polar surface area (TPSA) is 90.5 Å². The summed E-state index contributed by atoms with van der Waals surface area (Å²) in [5.41, 5.74) is 6.78. The molecule has 2 fully saturated rings. The van der Waals surface area contributed by atoms with Crippen LogP contribution in [0.3, 0.4) is 0 Å². The van der Waals surface area contributed by atoms with Gasteiger partial charge >= 0.3 is 0 Å². The average Bonchev–Trinajstić information content (AvgIpc) is 3.22. The number of carbonyl (C=O) groups is 2. The molecule has 3 unspecified atom stereocenters. The highest BCUT2D eigenvalue weighted by Gasteiger charge is 2.44. The minimum Gasteiger partial charge on any atom is -0.348 e. The number of hydrogen-bond acceptors (Lipinski definition) is 6. The van der Waals surface area contributed by atoms with Gasteiger partial charge in [0.15, 0.2) is 0 Å². The maximum Gasteiger partial charge on any atom is 0.257 e. The average molecular weight is 332 g/mol. The fraction of sp³-hybridized carbons (Fsp3) is 0.625. The van der Waals surface area contributed by atoms with Gasteiger partial charge in [-0.15, -0.1) is 0 Å². The van der Waals surface area contributed by atoms with Crippen LogP contribution in [0.1, 0.15) is 29.0 Å². The highest BCUT2D eigenvalue weighted by atomic mass is 16.2. The van der Waals surface area contributed by atoms with E-state index in [1.807, 2.05) is 4.90 Å². The van der Waals surface area contributed by atoms with Crippen molar-refractivity contribution in [3.63, 3.8) is 0 Å². The van der Waals surface area contributed by atoms with Crippen molar-refractivity contribution in [2.45, 2.75) is 31.8 Å². The standard InChI is InChI=1S/C16H24N6O2/c1-10-17-7-11(8-18-10)15(23)22-6-4-5-13(22)14-12(9-19-20-14)16(24)21(2)3/h7-8,12-14,19-20H,4-6,9H2,1-3H3. The minimum atomic E-state index is -0.173. The molecule has 2 saturated heterocycles. The Morgan fingerprint density at radius 3 is 2.67 bits per heavy atom. The highest BCUT2D eigenvalue weighted by molar-refractivity contribution is 5.94. The summed E-state index contributed by atoms with van der Waals surface area (Å²) in [6.45, 7) is 3.06. The molecule has 1 aromatic heterocycles. The van der Waals surface area contributed by atoms with Crippen molar-refractivity contribution < 1.29 is 9.59 Å². The van der Waals surface area contributed by atoms with Crippen LogP contribution in [0.4, 0.5) is 0 Å². The Balaban J connectivity index is 1.78. The zero-order valence-electron chi connectivity index (χ0n) is 14.3. The summed E-state index contributed by atoms with van der Waals surface area (Å²) in [4.78, 5) is 37.0. The van der Waals surface area contributed by atoms with E-state index in [0.29, 0.717) is 24.5 Å². The maximum atomic E-state index is 12.8. The summed E-state index contributed by atoms with van der Waals surface area (Å²) in [5.74, 6) is 0.480. The molecule has 1 aromatic rings. The van der Waals surface area contributed by atoms with Gasteiger partial charge in [-0.25, -0.2) is 9.97 Å². The minimum absolute atomic E-state index is 0.0114. The van der Waals surface area contributed by atoms with Crippen LogP contribution in [0.15, 0.2) is 12.4 Å². The van der Waals surface area contributed by atoms with Crippen molar-refractivity contribution in [2.24, 2.45) is 5.92 Å². The van der Waals surface area contributed by atoms with E-state index in [1.54, 1.807) is 38.3 Å². The number of aryl methyl sites for hydroxylation is 1. The molecule has 3 rings (SSSR count). The van der Waals surface area contributed by atoms with Crippen molar-refractivity contribution in [2.75, 3.05) is 27.2 Å². The van der Waals surface area contributed by atoms with Gasteiger partial charge < -0.3 is 9.80 Å². The number of carbonyl (C=O) groups excluding carboxylic acids is 2. The lowest BCUT2D eigenvalue weighted by Crippen LogP contribution is -2.52. The first-order chi connectivity index (χ1) is 11.5. The van der Waals surface area contributed by atoms with Gasteiger partial charge in [-0.2, -0.15) is 0 Å². The predicted molar refractivity (Wildman–Crippen MR) is 87.9 cm³/mol. The zero-order chi connectivity index (χ0) is 17.3. The second-order valence-corrected chi connectivity index (χ2v) is 6.62. The van der Waals surface area contributed by atoms with Crippen LogP contribution in [0.2, 0.25) is 0 Å². The van der Waals surface area contributed by atoms with E-state index >= 15 is 0 Å². The van der Waals surface area contributed by atoms with E-state index in [4.69, 9.17) is 0 Å². The fourth-order valence-corrected chi connectivity index (χ4v) is 3.54. The molecule has 8 heteroatoms. The second-order valence-electron chi connectivity index (χ2n) is 6.62. The van der Waals surface area contributed by atoms with E-state index < -0.39 is 0 Å². The fourth-order valence-electron chi connectivity index (χ4n) is 3.54. The first kappa shape index (κ1) is 16.8. The molecule has 130 valence electrons. The van der Waals surface area contributed by atoms with Crippen molar-refractivity contribution >= 4 is 11.8 Å². The van der Waals surface area contributed by atoms with Gasteiger partial charge in [0.25, 0.3) is 5.91 Å². The molecular formula is C16H24N6O2. The molecular weight excluding hydrogens is 308 g/mol. The van der Waals surface area contributed by atoms with Gasteiger partial charge in [-0.3, -0.25) is 20.4 Å². The van der Waals surface area contributed by atoms with Crippen LogP contribution in [-0.4, -0.2) is 70.9 Å². The zero-order valence-corrected chi connectivity index (χ0v) is 14.3. The first-order valence-electron chi connectivity index (χ1n) is 8.28. The summed E-state index contributed by atoms with van der Waals surface area (Å²) in [5, 5.41) is 0. The summed E-state index contributed by atoms with van der Waals surface area (Å²) in [6, 6.07) is -0.0968. The molecule has 3 atom stereocenters. The maximum absolute atomic E-state index is 12.8. The number of aromatic nitrogens is 2. The highest BCUT2D eigenvalue weighted by Crippen LogP contribution is 2.27. The summed E-state index contributed by atoms with van der Waals surface area (Å²) in [6.07, 6.45) is 4.96. The van der Waals surface area contributed by atoms with E-state index in [-0.39, 0.29) is 29.8 Å².